The van der Waals surface area contributed by atoms with Crippen molar-refractivity contribution in [1.29, 1.82) is 0 Å². The number of ether oxygens (including phenoxy) is 1. The molecule has 1 aliphatic heterocycles. The summed E-state index contributed by atoms with van der Waals surface area (Å²) >= 11 is 0. The van der Waals surface area contributed by atoms with Gasteiger partial charge >= 0.3 is 6.18 Å². The van der Waals surface area contributed by atoms with Gasteiger partial charge in [0.2, 0.25) is 0 Å². The van der Waals surface area contributed by atoms with Gasteiger partial charge in [0, 0.05) is 25.3 Å². The molecule has 0 spiro atoms. The third-order valence-corrected chi connectivity index (χ3v) is 3.89. The molecule has 1 aromatic rings. The number of halogens is 3. The molecule has 1 amide bonds. The van der Waals surface area contributed by atoms with Gasteiger partial charge in [-0.2, -0.15) is 13.2 Å². The van der Waals surface area contributed by atoms with Crippen LogP contribution in [0.4, 0.5) is 13.2 Å². The van der Waals surface area contributed by atoms with E-state index in [2.05, 4.69) is 5.32 Å². The standard InChI is InChI=1S/C16H20F3NO2/c17-16(18,19)14-5-3-13(4-6-14)15(21)20-9-1-2-12-7-10-22-11-8-12/h3-6,12H,1-2,7-11H2,(H,20,21). The van der Waals surface area contributed by atoms with Crippen LogP contribution in [0.5, 0.6) is 0 Å². The van der Waals surface area contributed by atoms with Crippen molar-refractivity contribution in [2.75, 3.05) is 19.8 Å². The number of carbonyl (C=O) groups is 1. The van der Waals surface area contributed by atoms with Crippen LogP contribution in [0.3, 0.4) is 0 Å². The minimum atomic E-state index is -4.38. The fourth-order valence-corrected chi connectivity index (χ4v) is 2.54. The Hall–Kier alpha value is -1.56. The Bertz CT molecular complexity index is 479. The summed E-state index contributed by atoms with van der Waals surface area (Å²) < 4.78 is 42.6. The number of nitrogens with one attached hydrogen (secondary N) is 1. The molecule has 3 nitrogen and oxygen atoms in total. The lowest BCUT2D eigenvalue weighted by Gasteiger charge is -2.21. The molecule has 1 saturated heterocycles. The number of carbonyl (C=O) groups excluding carboxylic acids is 1. The van der Waals surface area contributed by atoms with Crippen molar-refractivity contribution in [3.63, 3.8) is 0 Å². The Kier molecular flexibility index (Phi) is 5.83. The Labute approximate surface area is 127 Å². The molecular formula is C16H20F3NO2. The first-order valence-electron chi connectivity index (χ1n) is 7.50. The summed E-state index contributed by atoms with van der Waals surface area (Å²) in [6.07, 6.45) is -0.341. The highest BCUT2D eigenvalue weighted by Crippen LogP contribution is 2.29. The Balaban J connectivity index is 1.72. The van der Waals surface area contributed by atoms with E-state index in [4.69, 9.17) is 4.74 Å². The third-order valence-electron chi connectivity index (χ3n) is 3.89. The van der Waals surface area contributed by atoms with Gasteiger partial charge in [0.1, 0.15) is 0 Å². The molecule has 0 aliphatic carbocycles. The monoisotopic (exact) mass is 315 g/mol. The zero-order chi connectivity index (χ0) is 16.0. The summed E-state index contributed by atoms with van der Waals surface area (Å²) in [4.78, 5) is 11.8. The smallest absolute Gasteiger partial charge is 0.381 e. The van der Waals surface area contributed by atoms with Crippen molar-refractivity contribution >= 4 is 5.91 Å². The Morgan fingerprint density at radius 3 is 2.41 bits per heavy atom. The Morgan fingerprint density at radius 2 is 1.82 bits per heavy atom. The second-order valence-corrected chi connectivity index (χ2v) is 5.53. The van der Waals surface area contributed by atoms with Gasteiger partial charge in [0.15, 0.2) is 0 Å². The quantitative estimate of drug-likeness (QED) is 0.843. The van der Waals surface area contributed by atoms with Crippen molar-refractivity contribution < 1.29 is 22.7 Å². The lowest BCUT2D eigenvalue weighted by Crippen LogP contribution is -2.25. The maximum Gasteiger partial charge on any atom is 0.416 e. The van der Waals surface area contributed by atoms with E-state index in [-0.39, 0.29) is 11.5 Å². The number of hydrogen-bond donors (Lipinski definition) is 1. The molecule has 22 heavy (non-hydrogen) atoms. The van der Waals surface area contributed by atoms with E-state index in [9.17, 15) is 18.0 Å². The summed E-state index contributed by atoms with van der Waals surface area (Å²) in [5.41, 5.74) is -0.498. The zero-order valence-corrected chi connectivity index (χ0v) is 12.3. The lowest BCUT2D eigenvalue weighted by molar-refractivity contribution is -0.137. The van der Waals surface area contributed by atoms with Crippen LogP contribution in [0.15, 0.2) is 24.3 Å². The average molecular weight is 315 g/mol. The van der Waals surface area contributed by atoms with Gasteiger partial charge in [-0.05, 0) is 55.9 Å². The highest BCUT2D eigenvalue weighted by atomic mass is 19.4. The van der Waals surface area contributed by atoms with Crippen LogP contribution in [-0.4, -0.2) is 25.7 Å². The average Bonchev–Trinajstić information content (AvgIpc) is 2.52. The maximum atomic E-state index is 12.4. The lowest BCUT2D eigenvalue weighted by atomic mass is 9.95. The summed E-state index contributed by atoms with van der Waals surface area (Å²) in [7, 11) is 0. The molecule has 0 aromatic heterocycles. The van der Waals surface area contributed by atoms with Gasteiger partial charge < -0.3 is 10.1 Å². The molecule has 0 saturated carbocycles. The van der Waals surface area contributed by atoms with Gasteiger partial charge in [-0.25, -0.2) is 0 Å². The van der Waals surface area contributed by atoms with Gasteiger partial charge in [0.25, 0.3) is 5.91 Å². The van der Waals surface area contributed by atoms with Crippen molar-refractivity contribution in [3.8, 4) is 0 Å². The summed E-state index contributed by atoms with van der Waals surface area (Å²) in [6.45, 7) is 2.16. The van der Waals surface area contributed by atoms with Crippen molar-refractivity contribution in [2.24, 2.45) is 5.92 Å². The van der Waals surface area contributed by atoms with E-state index in [1.165, 1.54) is 12.1 Å². The first kappa shape index (κ1) is 16.8. The van der Waals surface area contributed by atoms with E-state index in [1.807, 2.05) is 0 Å². The fraction of sp³-hybridized carbons (Fsp3) is 0.562. The van der Waals surface area contributed by atoms with Crippen molar-refractivity contribution in [1.82, 2.24) is 5.32 Å². The first-order chi connectivity index (χ1) is 10.5. The predicted octanol–water partition coefficient (Wildman–Crippen LogP) is 3.64. The normalized spacial score (nSPS) is 16.5. The molecule has 0 bridgehead atoms. The van der Waals surface area contributed by atoms with Crippen molar-refractivity contribution in [3.05, 3.63) is 35.4 Å². The number of amides is 1. The van der Waals surface area contributed by atoms with Gasteiger partial charge in [-0.1, -0.05) is 0 Å². The number of alkyl halides is 3. The third kappa shape index (κ3) is 5.02. The predicted molar refractivity (Wildman–Crippen MR) is 76.6 cm³/mol. The largest absolute Gasteiger partial charge is 0.416 e. The van der Waals surface area contributed by atoms with E-state index < -0.39 is 11.7 Å². The van der Waals surface area contributed by atoms with Crippen LogP contribution in [0, 0.1) is 5.92 Å². The number of rotatable bonds is 5. The van der Waals surface area contributed by atoms with Crippen LogP contribution in [-0.2, 0) is 10.9 Å². The molecule has 1 heterocycles. The van der Waals surface area contributed by atoms with Crippen LogP contribution < -0.4 is 5.32 Å². The van der Waals surface area contributed by atoms with E-state index >= 15 is 0 Å². The van der Waals surface area contributed by atoms with E-state index in [0.717, 1.165) is 51.0 Å². The molecule has 1 N–H and O–H groups in total. The van der Waals surface area contributed by atoms with Gasteiger partial charge in [-0.15, -0.1) is 0 Å². The van der Waals surface area contributed by atoms with E-state index in [1.54, 1.807) is 0 Å². The maximum absolute atomic E-state index is 12.4. The van der Waals surface area contributed by atoms with Crippen LogP contribution in [0.25, 0.3) is 0 Å². The topological polar surface area (TPSA) is 38.3 Å². The molecular weight excluding hydrogens is 295 g/mol. The minimum Gasteiger partial charge on any atom is -0.381 e. The summed E-state index contributed by atoms with van der Waals surface area (Å²) in [6, 6.07) is 4.27. The molecule has 1 fully saturated rings. The first-order valence-corrected chi connectivity index (χ1v) is 7.50. The highest BCUT2D eigenvalue weighted by Gasteiger charge is 2.30. The van der Waals surface area contributed by atoms with Gasteiger partial charge in [-0.3, -0.25) is 4.79 Å². The van der Waals surface area contributed by atoms with E-state index in [0.29, 0.717) is 12.5 Å². The minimum absolute atomic E-state index is 0.249. The summed E-state index contributed by atoms with van der Waals surface area (Å²) in [5.74, 6) is 0.317. The number of hydrogen-bond acceptors (Lipinski definition) is 2. The molecule has 0 atom stereocenters. The molecule has 1 aliphatic rings. The molecule has 122 valence electrons. The second kappa shape index (κ2) is 7.63. The SMILES string of the molecule is O=C(NCCCC1CCOCC1)c1ccc(C(F)(F)F)cc1. The molecule has 1 aromatic carbocycles. The molecule has 0 radical (unpaired) electrons. The molecule has 6 heteroatoms. The van der Waals surface area contributed by atoms with Crippen LogP contribution >= 0.6 is 0 Å². The number of benzene rings is 1. The summed E-state index contributed by atoms with van der Waals surface area (Å²) in [5, 5.41) is 2.75. The van der Waals surface area contributed by atoms with Crippen LogP contribution in [0.2, 0.25) is 0 Å². The van der Waals surface area contributed by atoms with Crippen LogP contribution in [0.1, 0.15) is 41.6 Å². The fourth-order valence-electron chi connectivity index (χ4n) is 2.54. The van der Waals surface area contributed by atoms with Gasteiger partial charge in [0.05, 0.1) is 5.56 Å². The zero-order valence-electron chi connectivity index (χ0n) is 12.3. The second-order valence-electron chi connectivity index (χ2n) is 5.53. The molecule has 0 unspecified atom stereocenters. The Morgan fingerprint density at radius 1 is 1.18 bits per heavy atom. The van der Waals surface area contributed by atoms with Crippen molar-refractivity contribution in [2.45, 2.75) is 31.9 Å². The highest BCUT2D eigenvalue weighted by molar-refractivity contribution is 5.94. The molecule has 2 rings (SSSR count).